The van der Waals surface area contributed by atoms with Crippen LogP contribution in [0.25, 0.3) is 0 Å². The molecule has 1 aliphatic rings. The summed E-state index contributed by atoms with van der Waals surface area (Å²) in [5.41, 5.74) is 0.362. The molecule has 0 aliphatic heterocycles. The van der Waals surface area contributed by atoms with Gasteiger partial charge in [0.05, 0.1) is 11.3 Å². The number of halogens is 1. The number of nitrogens with one attached hydrogen (secondary N) is 2. The van der Waals surface area contributed by atoms with E-state index in [4.69, 9.17) is 5.11 Å². The Hall–Kier alpha value is -1.56. The minimum Gasteiger partial charge on any atom is -0.478 e. The van der Waals surface area contributed by atoms with Crippen LogP contribution in [0.2, 0.25) is 0 Å². The highest BCUT2D eigenvalue weighted by molar-refractivity contribution is 9.10. The van der Waals surface area contributed by atoms with Gasteiger partial charge >= 0.3 is 12.0 Å². The van der Waals surface area contributed by atoms with E-state index in [-0.39, 0.29) is 17.6 Å². The number of benzene rings is 1. The molecule has 0 aromatic heterocycles. The van der Waals surface area contributed by atoms with Crippen LogP contribution in [0, 0.1) is 5.92 Å². The molecule has 0 heterocycles. The van der Waals surface area contributed by atoms with E-state index in [1.807, 2.05) is 0 Å². The van der Waals surface area contributed by atoms with E-state index in [1.54, 1.807) is 12.1 Å². The Morgan fingerprint density at radius 3 is 2.85 bits per heavy atom. The van der Waals surface area contributed by atoms with Crippen LogP contribution >= 0.6 is 15.9 Å². The van der Waals surface area contributed by atoms with E-state index in [2.05, 4.69) is 33.5 Å². The van der Waals surface area contributed by atoms with Gasteiger partial charge in [0.15, 0.2) is 0 Å². The monoisotopic (exact) mass is 340 g/mol. The number of hydrogen-bond acceptors (Lipinski definition) is 2. The molecule has 1 aromatic rings. The van der Waals surface area contributed by atoms with Crippen molar-refractivity contribution in [3.8, 4) is 0 Å². The van der Waals surface area contributed by atoms with Crippen LogP contribution in [0.15, 0.2) is 22.7 Å². The summed E-state index contributed by atoms with van der Waals surface area (Å²) in [6.45, 7) is 2.12. The molecule has 1 fully saturated rings. The predicted molar refractivity (Wildman–Crippen MR) is 80.1 cm³/mol. The van der Waals surface area contributed by atoms with Gasteiger partial charge in [0.1, 0.15) is 0 Å². The maximum atomic E-state index is 11.8. The number of rotatable bonds is 5. The molecule has 2 atom stereocenters. The van der Waals surface area contributed by atoms with E-state index in [0.717, 1.165) is 19.3 Å². The highest BCUT2D eigenvalue weighted by Gasteiger charge is 2.37. The van der Waals surface area contributed by atoms with Gasteiger partial charge in [-0.2, -0.15) is 0 Å². The summed E-state index contributed by atoms with van der Waals surface area (Å²) in [5, 5.41) is 14.6. The molecular formula is C14H17BrN2O3. The fourth-order valence-corrected chi connectivity index (χ4v) is 2.60. The minimum absolute atomic E-state index is 0.0652. The molecule has 108 valence electrons. The molecule has 2 amide bonds. The second-order valence-corrected chi connectivity index (χ2v) is 5.90. The topological polar surface area (TPSA) is 78.4 Å². The highest BCUT2D eigenvalue weighted by Crippen LogP contribution is 2.34. The van der Waals surface area contributed by atoms with Crippen LogP contribution in [0.3, 0.4) is 0 Å². The molecule has 20 heavy (non-hydrogen) atoms. The van der Waals surface area contributed by atoms with Crippen LogP contribution in [0.4, 0.5) is 10.5 Å². The fourth-order valence-electron chi connectivity index (χ4n) is 2.24. The molecule has 3 N–H and O–H groups in total. The lowest BCUT2D eigenvalue weighted by Crippen LogP contribution is -2.32. The SMILES string of the molecule is CCCC1CC1NC(=O)Nc1ccc(Br)cc1C(=O)O. The maximum Gasteiger partial charge on any atom is 0.337 e. The Bertz CT molecular complexity index is 533. The third-order valence-corrected chi connectivity index (χ3v) is 3.85. The predicted octanol–water partition coefficient (Wildman–Crippen LogP) is 3.46. The maximum absolute atomic E-state index is 11.8. The Morgan fingerprint density at radius 1 is 1.45 bits per heavy atom. The van der Waals surface area contributed by atoms with Crippen molar-refractivity contribution in [2.75, 3.05) is 5.32 Å². The Kier molecular flexibility index (Phi) is 4.65. The molecule has 6 heteroatoms. The van der Waals surface area contributed by atoms with E-state index in [9.17, 15) is 9.59 Å². The Morgan fingerprint density at radius 2 is 2.20 bits per heavy atom. The van der Waals surface area contributed by atoms with E-state index in [0.29, 0.717) is 16.1 Å². The second-order valence-electron chi connectivity index (χ2n) is 4.98. The third kappa shape index (κ3) is 3.72. The average Bonchev–Trinajstić information content (AvgIpc) is 3.09. The average molecular weight is 341 g/mol. The van der Waals surface area contributed by atoms with Gasteiger partial charge in [-0.3, -0.25) is 0 Å². The standard InChI is InChI=1S/C14H17BrN2O3/c1-2-3-8-6-12(8)17-14(20)16-11-5-4-9(15)7-10(11)13(18)19/h4-5,7-8,12H,2-3,6H2,1H3,(H,18,19)(H2,16,17,20). The Labute approximate surface area is 125 Å². The van der Waals surface area contributed by atoms with Crippen LogP contribution in [-0.2, 0) is 0 Å². The first kappa shape index (κ1) is 14.8. The molecule has 0 saturated heterocycles. The van der Waals surface area contributed by atoms with Crippen molar-refractivity contribution in [3.05, 3.63) is 28.2 Å². The van der Waals surface area contributed by atoms with Gasteiger partial charge in [-0.1, -0.05) is 29.3 Å². The van der Waals surface area contributed by atoms with Crippen molar-refractivity contribution in [2.45, 2.75) is 32.2 Å². The lowest BCUT2D eigenvalue weighted by Gasteiger charge is -2.10. The first-order valence-corrected chi connectivity index (χ1v) is 7.41. The van der Waals surface area contributed by atoms with E-state index < -0.39 is 5.97 Å². The summed E-state index contributed by atoms with van der Waals surface area (Å²) in [6, 6.07) is 4.61. The molecule has 0 bridgehead atoms. The summed E-state index contributed by atoms with van der Waals surface area (Å²) >= 11 is 3.21. The number of anilines is 1. The van der Waals surface area contributed by atoms with Crippen molar-refractivity contribution in [3.63, 3.8) is 0 Å². The van der Waals surface area contributed by atoms with E-state index >= 15 is 0 Å². The van der Waals surface area contributed by atoms with Crippen molar-refractivity contribution < 1.29 is 14.7 Å². The normalized spacial score (nSPS) is 20.3. The fraction of sp³-hybridized carbons (Fsp3) is 0.429. The largest absolute Gasteiger partial charge is 0.478 e. The number of carbonyl (C=O) groups excluding carboxylic acids is 1. The van der Waals surface area contributed by atoms with Gasteiger partial charge in [0.25, 0.3) is 0 Å². The van der Waals surface area contributed by atoms with Crippen LogP contribution in [-0.4, -0.2) is 23.1 Å². The summed E-state index contributed by atoms with van der Waals surface area (Å²) in [6.07, 6.45) is 3.23. The second kappa shape index (κ2) is 6.26. The summed E-state index contributed by atoms with van der Waals surface area (Å²) in [4.78, 5) is 23.0. The number of aromatic carboxylic acids is 1. The van der Waals surface area contributed by atoms with Gasteiger partial charge in [0.2, 0.25) is 0 Å². The van der Waals surface area contributed by atoms with Gasteiger partial charge in [-0.05, 0) is 37.0 Å². The van der Waals surface area contributed by atoms with Gasteiger partial charge in [-0.15, -0.1) is 0 Å². The number of hydrogen-bond donors (Lipinski definition) is 3. The zero-order valence-electron chi connectivity index (χ0n) is 11.1. The molecule has 0 radical (unpaired) electrons. The van der Waals surface area contributed by atoms with Crippen LogP contribution in [0.5, 0.6) is 0 Å². The highest BCUT2D eigenvalue weighted by atomic mass is 79.9. The Balaban J connectivity index is 1.96. The molecule has 2 rings (SSSR count). The number of carboxylic acids is 1. The third-order valence-electron chi connectivity index (χ3n) is 3.36. The summed E-state index contributed by atoms with van der Waals surface area (Å²) in [7, 11) is 0. The molecule has 1 aromatic carbocycles. The zero-order chi connectivity index (χ0) is 14.7. The number of carboxylic acid groups (broad SMARTS) is 1. The lowest BCUT2D eigenvalue weighted by molar-refractivity contribution is 0.0698. The smallest absolute Gasteiger partial charge is 0.337 e. The number of urea groups is 1. The van der Waals surface area contributed by atoms with Crippen LogP contribution < -0.4 is 10.6 Å². The molecule has 0 spiro atoms. The quantitative estimate of drug-likeness (QED) is 0.767. The van der Waals surface area contributed by atoms with Gasteiger partial charge in [0, 0.05) is 10.5 Å². The first-order chi connectivity index (χ1) is 9.51. The summed E-state index contributed by atoms with van der Waals surface area (Å²) < 4.78 is 0.658. The first-order valence-electron chi connectivity index (χ1n) is 6.61. The van der Waals surface area contributed by atoms with Crippen molar-refractivity contribution >= 4 is 33.6 Å². The number of amides is 2. The lowest BCUT2D eigenvalue weighted by atomic mass is 10.2. The van der Waals surface area contributed by atoms with Crippen molar-refractivity contribution in [1.29, 1.82) is 0 Å². The van der Waals surface area contributed by atoms with Crippen LogP contribution in [0.1, 0.15) is 36.5 Å². The molecule has 5 nitrogen and oxygen atoms in total. The number of carbonyl (C=O) groups is 2. The van der Waals surface area contributed by atoms with Crippen molar-refractivity contribution in [1.82, 2.24) is 5.32 Å². The zero-order valence-corrected chi connectivity index (χ0v) is 12.7. The molecule has 2 unspecified atom stereocenters. The minimum atomic E-state index is -1.07. The van der Waals surface area contributed by atoms with Gasteiger partial charge < -0.3 is 15.7 Å². The summed E-state index contributed by atoms with van der Waals surface area (Å²) in [5.74, 6) is -0.508. The molecule has 1 aliphatic carbocycles. The van der Waals surface area contributed by atoms with Gasteiger partial charge in [-0.25, -0.2) is 9.59 Å². The van der Waals surface area contributed by atoms with Crippen molar-refractivity contribution in [2.24, 2.45) is 5.92 Å². The molecule has 1 saturated carbocycles. The van der Waals surface area contributed by atoms with E-state index in [1.165, 1.54) is 6.07 Å². The molecular weight excluding hydrogens is 324 g/mol.